The average Bonchev–Trinajstić information content (AvgIpc) is 2.34. The highest BCUT2D eigenvalue weighted by molar-refractivity contribution is 5.92. The largest absolute Gasteiger partial charge is 0.507 e. The van der Waals surface area contributed by atoms with Crippen LogP contribution in [0.1, 0.15) is 24.2 Å². The number of methoxy groups -OCH3 is 1. The predicted octanol–water partition coefficient (Wildman–Crippen LogP) is 1.78. The number of hydrogen-bond donors (Lipinski definition) is 2. The van der Waals surface area contributed by atoms with Crippen LogP contribution in [0.3, 0.4) is 0 Å². The summed E-state index contributed by atoms with van der Waals surface area (Å²) in [5.74, 6) is -0.581. The van der Waals surface area contributed by atoms with Gasteiger partial charge in [0.15, 0.2) is 0 Å². The second-order valence-electron chi connectivity index (χ2n) is 2.01. The maximum atomic E-state index is 10.9. The van der Waals surface area contributed by atoms with Crippen molar-refractivity contribution in [2.75, 3.05) is 14.2 Å². The molecular weight excluding hydrogens is 194 g/mol. The third-order valence-corrected chi connectivity index (χ3v) is 1.31. The minimum absolute atomic E-state index is 0.0562. The number of phenols is 1. The van der Waals surface area contributed by atoms with Crippen molar-refractivity contribution in [2.24, 2.45) is 5.73 Å². The van der Waals surface area contributed by atoms with Gasteiger partial charge in [0.05, 0.1) is 7.11 Å². The topological polar surface area (TPSA) is 72.5 Å². The van der Waals surface area contributed by atoms with Crippen molar-refractivity contribution < 1.29 is 14.6 Å². The lowest BCUT2D eigenvalue weighted by Crippen LogP contribution is -2.00. The zero-order valence-corrected chi connectivity index (χ0v) is 9.65. The van der Waals surface area contributed by atoms with Crippen LogP contribution in [0.2, 0.25) is 0 Å². The molecule has 3 N–H and O–H groups in total. The van der Waals surface area contributed by atoms with Gasteiger partial charge in [0.1, 0.15) is 11.3 Å². The number of ether oxygens (including phenoxy) is 1. The van der Waals surface area contributed by atoms with Crippen LogP contribution in [0, 0.1) is 0 Å². The Morgan fingerprint density at radius 1 is 1.27 bits per heavy atom. The van der Waals surface area contributed by atoms with Crippen molar-refractivity contribution in [3.05, 3.63) is 29.8 Å². The molecule has 0 spiro atoms. The number of aromatic hydroxyl groups is 1. The molecule has 0 aromatic heterocycles. The molecule has 0 aliphatic rings. The van der Waals surface area contributed by atoms with E-state index >= 15 is 0 Å². The molecule has 1 rings (SSSR count). The first-order valence-corrected chi connectivity index (χ1v) is 4.69. The second kappa shape index (κ2) is 10.5. The van der Waals surface area contributed by atoms with Crippen molar-refractivity contribution in [2.45, 2.75) is 13.8 Å². The van der Waals surface area contributed by atoms with Gasteiger partial charge in [-0.25, -0.2) is 4.79 Å². The Morgan fingerprint density at radius 2 is 1.73 bits per heavy atom. The predicted molar refractivity (Wildman–Crippen MR) is 60.9 cm³/mol. The molecule has 1 aromatic carbocycles. The molecule has 4 heteroatoms. The van der Waals surface area contributed by atoms with Crippen molar-refractivity contribution in [3.63, 3.8) is 0 Å². The molecule has 0 aliphatic heterocycles. The van der Waals surface area contributed by atoms with Crippen LogP contribution < -0.4 is 5.73 Å². The summed E-state index contributed by atoms with van der Waals surface area (Å²) in [5, 5.41) is 9.11. The molecule has 0 aliphatic carbocycles. The SMILES string of the molecule is CC.CN.COC(=O)c1ccccc1O. The van der Waals surface area contributed by atoms with Crippen molar-refractivity contribution in [1.29, 1.82) is 0 Å². The van der Waals surface area contributed by atoms with Gasteiger partial charge in [-0.2, -0.15) is 0 Å². The van der Waals surface area contributed by atoms with E-state index in [4.69, 9.17) is 5.11 Å². The average molecular weight is 213 g/mol. The van der Waals surface area contributed by atoms with Crippen LogP contribution in [0.4, 0.5) is 0 Å². The van der Waals surface area contributed by atoms with E-state index in [9.17, 15) is 4.79 Å². The van der Waals surface area contributed by atoms with Crippen molar-refractivity contribution in [1.82, 2.24) is 0 Å². The van der Waals surface area contributed by atoms with Gasteiger partial charge in [-0.1, -0.05) is 26.0 Å². The summed E-state index contributed by atoms with van der Waals surface area (Å²) in [6.45, 7) is 4.00. The molecule has 0 bridgehead atoms. The molecule has 0 saturated carbocycles. The minimum atomic E-state index is -0.525. The molecule has 1 aromatic rings. The van der Waals surface area contributed by atoms with Gasteiger partial charge in [-0.05, 0) is 19.2 Å². The quantitative estimate of drug-likeness (QED) is 0.697. The number of nitrogens with two attached hydrogens (primary N) is 1. The van der Waals surface area contributed by atoms with E-state index in [-0.39, 0.29) is 11.3 Å². The molecule has 0 radical (unpaired) electrons. The van der Waals surface area contributed by atoms with E-state index in [1.165, 1.54) is 26.3 Å². The Bertz CT molecular complexity index is 274. The molecule has 86 valence electrons. The summed E-state index contributed by atoms with van der Waals surface area (Å²) in [6, 6.07) is 6.24. The normalized spacial score (nSPS) is 7.53. The first kappa shape index (κ1) is 15.9. The molecular formula is C11H19NO3. The van der Waals surface area contributed by atoms with Crippen LogP contribution in [0.25, 0.3) is 0 Å². The van der Waals surface area contributed by atoms with Gasteiger partial charge in [0.2, 0.25) is 0 Å². The van der Waals surface area contributed by atoms with E-state index in [2.05, 4.69) is 10.5 Å². The Morgan fingerprint density at radius 3 is 2.13 bits per heavy atom. The number of esters is 1. The lowest BCUT2D eigenvalue weighted by molar-refractivity contribution is 0.0597. The standard InChI is InChI=1S/C8H8O3.C2H6.CH5N/c1-11-8(10)6-4-2-3-5-7(6)9;2*1-2/h2-5,9H,1H3;1-2H3;2H2,1H3. The summed E-state index contributed by atoms with van der Waals surface area (Å²) in [5.41, 5.74) is 4.69. The van der Waals surface area contributed by atoms with E-state index in [0.717, 1.165) is 0 Å². The fraction of sp³-hybridized carbons (Fsp3) is 0.364. The first-order chi connectivity index (χ1) is 7.25. The summed E-state index contributed by atoms with van der Waals surface area (Å²) >= 11 is 0. The van der Waals surface area contributed by atoms with Crippen LogP contribution in [-0.4, -0.2) is 25.2 Å². The third-order valence-electron chi connectivity index (χ3n) is 1.31. The van der Waals surface area contributed by atoms with Crippen LogP contribution in [-0.2, 0) is 4.74 Å². The highest BCUT2D eigenvalue weighted by atomic mass is 16.5. The van der Waals surface area contributed by atoms with E-state index in [0.29, 0.717) is 0 Å². The fourth-order valence-corrected chi connectivity index (χ4v) is 0.756. The van der Waals surface area contributed by atoms with Gasteiger partial charge in [-0.3, -0.25) is 0 Å². The van der Waals surface area contributed by atoms with Gasteiger partial charge in [-0.15, -0.1) is 0 Å². The van der Waals surface area contributed by atoms with Crippen LogP contribution in [0.5, 0.6) is 5.75 Å². The Balaban J connectivity index is 0. The Kier molecular flexibility index (Phi) is 11.2. The highest BCUT2D eigenvalue weighted by Gasteiger charge is 2.08. The number of carbonyl (C=O) groups excluding carboxylic acids is 1. The lowest BCUT2D eigenvalue weighted by Gasteiger charge is -1.99. The Hall–Kier alpha value is -1.55. The fourth-order valence-electron chi connectivity index (χ4n) is 0.756. The maximum Gasteiger partial charge on any atom is 0.341 e. The van der Waals surface area contributed by atoms with Gasteiger partial charge >= 0.3 is 5.97 Å². The zero-order valence-electron chi connectivity index (χ0n) is 9.65. The van der Waals surface area contributed by atoms with Crippen LogP contribution >= 0.6 is 0 Å². The summed E-state index contributed by atoms with van der Waals surface area (Å²) in [4.78, 5) is 10.9. The van der Waals surface area contributed by atoms with Crippen molar-refractivity contribution >= 4 is 5.97 Å². The lowest BCUT2D eigenvalue weighted by atomic mass is 10.2. The van der Waals surface area contributed by atoms with Gasteiger partial charge in [0, 0.05) is 0 Å². The number of phenolic OH excluding ortho intramolecular Hbond substituents is 1. The molecule has 4 nitrogen and oxygen atoms in total. The zero-order chi connectivity index (χ0) is 12.3. The number of carbonyl (C=O) groups is 1. The van der Waals surface area contributed by atoms with E-state index in [1.807, 2.05) is 13.8 Å². The van der Waals surface area contributed by atoms with Crippen molar-refractivity contribution in [3.8, 4) is 5.75 Å². The monoisotopic (exact) mass is 213 g/mol. The molecule has 15 heavy (non-hydrogen) atoms. The second-order valence-corrected chi connectivity index (χ2v) is 2.01. The van der Waals surface area contributed by atoms with Crippen LogP contribution in [0.15, 0.2) is 24.3 Å². The number of rotatable bonds is 1. The summed E-state index contributed by atoms with van der Waals surface area (Å²) in [6.07, 6.45) is 0. The molecule has 0 unspecified atom stereocenters. The number of benzene rings is 1. The van der Waals surface area contributed by atoms with E-state index < -0.39 is 5.97 Å². The first-order valence-electron chi connectivity index (χ1n) is 4.69. The van der Waals surface area contributed by atoms with Gasteiger partial charge in [0.25, 0.3) is 0 Å². The minimum Gasteiger partial charge on any atom is -0.507 e. The molecule has 0 amide bonds. The Labute approximate surface area is 90.7 Å². The molecule has 0 saturated heterocycles. The summed E-state index contributed by atoms with van der Waals surface area (Å²) < 4.78 is 4.42. The number of para-hydroxylation sites is 1. The molecule has 0 heterocycles. The molecule has 0 fully saturated rings. The maximum absolute atomic E-state index is 10.9. The van der Waals surface area contributed by atoms with Gasteiger partial charge < -0.3 is 15.6 Å². The highest BCUT2D eigenvalue weighted by Crippen LogP contribution is 2.15. The van der Waals surface area contributed by atoms with E-state index in [1.54, 1.807) is 12.1 Å². The molecule has 0 atom stereocenters. The third kappa shape index (κ3) is 5.70. The summed E-state index contributed by atoms with van der Waals surface area (Å²) in [7, 11) is 2.77. The number of hydrogen-bond acceptors (Lipinski definition) is 4. The smallest absolute Gasteiger partial charge is 0.341 e.